The molecule has 2 amide bonds. The number of nitrogens with zero attached hydrogens (tertiary/aromatic N) is 3. The highest BCUT2D eigenvalue weighted by Gasteiger charge is 2.10. The molecule has 146 valence electrons. The quantitative estimate of drug-likeness (QED) is 0.568. The Labute approximate surface area is 160 Å². The van der Waals surface area contributed by atoms with Gasteiger partial charge >= 0.3 is 12.0 Å². The number of anilines is 1. The summed E-state index contributed by atoms with van der Waals surface area (Å²) >= 11 is 0. The summed E-state index contributed by atoms with van der Waals surface area (Å²) in [5.41, 5.74) is 2.48. The highest BCUT2D eigenvalue weighted by atomic mass is 16.5. The number of pyridine rings is 2. The Kier molecular flexibility index (Phi) is 5.58. The molecule has 10 nitrogen and oxygen atoms in total. The average molecular weight is 385 g/mol. The number of aromatic nitrogens is 3. The molecule has 0 aliphatic heterocycles. The van der Waals surface area contributed by atoms with Crippen LogP contribution in [0.5, 0.6) is 11.6 Å². The maximum absolute atomic E-state index is 11.8. The van der Waals surface area contributed by atoms with Gasteiger partial charge in [-0.05, 0) is 23.8 Å². The van der Waals surface area contributed by atoms with Crippen molar-refractivity contribution in [2.24, 2.45) is 0 Å². The van der Waals surface area contributed by atoms with E-state index in [9.17, 15) is 9.59 Å². The number of hydrogen-bond acceptors (Lipinski definition) is 6. The number of carboxylic acids is 1. The second-order valence-corrected chi connectivity index (χ2v) is 5.77. The number of rotatable bonds is 7. The molecule has 0 radical (unpaired) electrons. The van der Waals surface area contributed by atoms with E-state index in [2.05, 4.69) is 20.7 Å². The number of carboxylic acid groups (broad SMARTS) is 1. The monoisotopic (exact) mass is 385 g/mol. The number of methoxy groups -OCH3 is 2. The molecule has 3 aromatic rings. The lowest BCUT2D eigenvalue weighted by atomic mass is 10.1. The Morgan fingerprint density at radius 1 is 1.18 bits per heavy atom. The van der Waals surface area contributed by atoms with Crippen molar-refractivity contribution in [2.75, 3.05) is 26.1 Å². The number of nitrogens with one attached hydrogen (secondary N) is 2. The van der Waals surface area contributed by atoms with Crippen LogP contribution in [0.15, 0.2) is 36.7 Å². The minimum Gasteiger partial charge on any atom is -0.491 e. The van der Waals surface area contributed by atoms with Gasteiger partial charge < -0.3 is 19.9 Å². The van der Waals surface area contributed by atoms with Crippen molar-refractivity contribution in [1.82, 2.24) is 19.9 Å². The van der Waals surface area contributed by atoms with Crippen molar-refractivity contribution in [3.8, 4) is 22.8 Å². The SMILES string of the molecule is COc1cc(-c2ccn3nc(NC(=O)NCCC(=O)O)cc3c2)cnc1OC. The molecule has 0 aliphatic carbocycles. The molecule has 0 fully saturated rings. The van der Waals surface area contributed by atoms with Gasteiger partial charge in [0.2, 0.25) is 0 Å². The van der Waals surface area contributed by atoms with Crippen LogP contribution in [-0.2, 0) is 4.79 Å². The van der Waals surface area contributed by atoms with Crippen molar-refractivity contribution >= 4 is 23.3 Å². The van der Waals surface area contributed by atoms with Gasteiger partial charge in [0.25, 0.3) is 5.88 Å². The predicted octanol–water partition coefficient (Wildman–Crippen LogP) is 2.01. The fraction of sp³-hybridized carbons (Fsp3) is 0.222. The van der Waals surface area contributed by atoms with E-state index in [0.717, 1.165) is 16.6 Å². The Bertz CT molecular complexity index is 1020. The molecule has 0 bridgehead atoms. The number of fused-ring (bicyclic) bond motifs is 1. The summed E-state index contributed by atoms with van der Waals surface area (Å²) in [5, 5.41) is 17.9. The number of amides is 2. The van der Waals surface area contributed by atoms with Crippen molar-refractivity contribution in [2.45, 2.75) is 6.42 Å². The first-order valence-corrected chi connectivity index (χ1v) is 8.34. The first-order valence-electron chi connectivity index (χ1n) is 8.34. The van der Waals surface area contributed by atoms with E-state index in [4.69, 9.17) is 14.6 Å². The third kappa shape index (κ3) is 4.29. The first kappa shape index (κ1) is 19.0. The van der Waals surface area contributed by atoms with Crippen molar-refractivity contribution in [3.63, 3.8) is 0 Å². The first-order chi connectivity index (χ1) is 13.5. The van der Waals surface area contributed by atoms with Gasteiger partial charge in [-0.2, -0.15) is 0 Å². The largest absolute Gasteiger partial charge is 0.491 e. The summed E-state index contributed by atoms with van der Waals surface area (Å²) in [6.45, 7) is 0.0327. The van der Waals surface area contributed by atoms with Crippen molar-refractivity contribution < 1.29 is 24.2 Å². The summed E-state index contributed by atoms with van der Waals surface area (Å²) in [4.78, 5) is 26.5. The third-order valence-corrected chi connectivity index (χ3v) is 3.89. The number of urea groups is 1. The maximum atomic E-state index is 11.8. The van der Waals surface area contributed by atoms with Crippen LogP contribution >= 0.6 is 0 Å². The molecule has 3 rings (SSSR count). The topological polar surface area (TPSA) is 127 Å². The van der Waals surface area contributed by atoms with E-state index in [-0.39, 0.29) is 13.0 Å². The second kappa shape index (κ2) is 8.25. The molecule has 3 aromatic heterocycles. The van der Waals surface area contributed by atoms with Gasteiger partial charge in [0, 0.05) is 30.6 Å². The van der Waals surface area contributed by atoms with Gasteiger partial charge in [0.05, 0.1) is 26.2 Å². The zero-order chi connectivity index (χ0) is 20.1. The van der Waals surface area contributed by atoms with E-state index in [1.165, 1.54) is 7.11 Å². The van der Waals surface area contributed by atoms with Gasteiger partial charge in [-0.25, -0.2) is 14.3 Å². The number of aliphatic carboxylic acids is 1. The fourth-order valence-corrected chi connectivity index (χ4v) is 2.57. The Hall–Kier alpha value is -3.82. The zero-order valence-corrected chi connectivity index (χ0v) is 15.3. The molecule has 28 heavy (non-hydrogen) atoms. The zero-order valence-electron chi connectivity index (χ0n) is 15.3. The molecular formula is C18H19N5O5. The Morgan fingerprint density at radius 2 is 2.00 bits per heavy atom. The van der Waals surface area contributed by atoms with Gasteiger partial charge in [-0.1, -0.05) is 0 Å². The minimum absolute atomic E-state index is 0.0327. The van der Waals surface area contributed by atoms with E-state index in [1.807, 2.05) is 18.2 Å². The van der Waals surface area contributed by atoms with Crippen LogP contribution < -0.4 is 20.1 Å². The van der Waals surface area contributed by atoms with Crippen LogP contribution in [0.3, 0.4) is 0 Å². The maximum Gasteiger partial charge on any atom is 0.320 e. The normalized spacial score (nSPS) is 10.5. The van der Waals surface area contributed by atoms with Crippen molar-refractivity contribution in [3.05, 3.63) is 36.7 Å². The third-order valence-electron chi connectivity index (χ3n) is 3.89. The molecule has 10 heteroatoms. The fourth-order valence-electron chi connectivity index (χ4n) is 2.57. The van der Waals surface area contributed by atoms with E-state index >= 15 is 0 Å². The molecule has 0 aromatic carbocycles. The summed E-state index contributed by atoms with van der Waals surface area (Å²) in [6.07, 6.45) is 3.29. The summed E-state index contributed by atoms with van der Waals surface area (Å²) in [6, 6.07) is 6.76. The molecule has 0 saturated heterocycles. The summed E-state index contributed by atoms with van der Waals surface area (Å²) in [5.74, 6) is 0.284. The minimum atomic E-state index is -0.981. The molecule has 0 saturated carbocycles. The predicted molar refractivity (Wildman–Crippen MR) is 101 cm³/mol. The number of carbonyl (C=O) groups excluding carboxylic acids is 1. The molecule has 3 heterocycles. The molecule has 0 spiro atoms. The number of carbonyl (C=O) groups is 2. The van der Waals surface area contributed by atoms with E-state index < -0.39 is 12.0 Å². The van der Waals surface area contributed by atoms with Gasteiger partial charge in [0.1, 0.15) is 0 Å². The van der Waals surface area contributed by atoms with Gasteiger partial charge in [-0.3, -0.25) is 10.1 Å². The molecule has 0 atom stereocenters. The van der Waals surface area contributed by atoms with Crippen molar-refractivity contribution in [1.29, 1.82) is 0 Å². The smallest absolute Gasteiger partial charge is 0.320 e. The van der Waals surface area contributed by atoms with Crippen LogP contribution in [0.1, 0.15) is 6.42 Å². The lowest BCUT2D eigenvalue weighted by Gasteiger charge is -2.08. The summed E-state index contributed by atoms with van der Waals surface area (Å²) in [7, 11) is 3.07. The lowest BCUT2D eigenvalue weighted by Crippen LogP contribution is -2.30. The van der Waals surface area contributed by atoms with Crippen LogP contribution in [0.4, 0.5) is 10.6 Å². The lowest BCUT2D eigenvalue weighted by molar-refractivity contribution is -0.136. The van der Waals surface area contributed by atoms with Crippen LogP contribution in [0.25, 0.3) is 16.6 Å². The number of hydrogen-bond donors (Lipinski definition) is 3. The standard InChI is InChI=1S/C18H19N5O5/c1-27-14-8-12(10-20-17(14)28-2)11-4-6-23-13(7-11)9-15(22-23)21-18(26)19-5-3-16(24)25/h4,6-10H,3,5H2,1-2H3,(H,24,25)(H2,19,21,22,26). The Morgan fingerprint density at radius 3 is 2.71 bits per heavy atom. The molecule has 3 N–H and O–H groups in total. The van der Waals surface area contributed by atoms with Gasteiger partial charge in [0.15, 0.2) is 11.6 Å². The second-order valence-electron chi connectivity index (χ2n) is 5.77. The highest BCUT2D eigenvalue weighted by molar-refractivity contribution is 5.89. The van der Waals surface area contributed by atoms with Crippen LogP contribution in [-0.4, -0.2) is 52.5 Å². The van der Waals surface area contributed by atoms with Crippen LogP contribution in [0, 0.1) is 0 Å². The highest BCUT2D eigenvalue weighted by Crippen LogP contribution is 2.30. The molecule has 0 unspecified atom stereocenters. The Balaban J connectivity index is 1.77. The number of ether oxygens (including phenoxy) is 2. The summed E-state index contributed by atoms with van der Waals surface area (Å²) < 4.78 is 12.0. The average Bonchev–Trinajstić information content (AvgIpc) is 3.08. The molecular weight excluding hydrogens is 366 g/mol. The van der Waals surface area contributed by atoms with E-state index in [1.54, 1.807) is 30.1 Å². The van der Waals surface area contributed by atoms with Crippen LogP contribution in [0.2, 0.25) is 0 Å². The molecule has 0 aliphatic rings. The van der Waals surface area contributed by atoms with E-state index in [0.29, 0.717) is 17.4 Å². The van der Waals surface area contributed by atoms with Gasteiger partial charge in [-0.15, -0.1) is 5.10 Å².